The van der Waals surface area contributed by atoms with Crippen LogP contribution in [0.3, 0.4) is 0 Å². The maximum Gasteiger partial charge on any atom is 0.0283 e. The van der Waals surface area contributed by atoms with Crippen molar-refractivity contribution < 1.29 is 0 Å². The molecule has 0 rings (SSSR count). The zero-order valence-corrected chi connectivity index (χ0v) is 5.71. The van der Waals surface area contributed by atoms with Gasteiger partial charge in [-0.2, -0.15) is 5.12 Å². The number of hydrazine groups is 2. The predicted molar refractivity (Wildman–Crippen MR) is 38.0 cm³/mol. The van der Waals surface area contributed by atoms with Crippen molar-refractivity contribution in [2.75, 3.05) is 13.1 Å². The lowest BCUT2D eigenvalue weighted by Crippen LogP contribution is -2.38. The molecule has 0 saturated heterocycles. The lowest BCUT2D eigenvalue weighted by atomic mass is 10.2. The minimum atomic E-state index is 0.750. The van der Waals surface area contributed by atoms with Gasteiger partial charge in [-0.3, -0.25) is 11.7 Å². The van der Waals surface area contributed by atoms with Crippen LogP contribution in [0.4, 0.5) is 0 Å². The molecule has 4 nitrogen and oxygen atoms in total. The average Bonchev–Trinajstić information content (AvgIpc) is 1.80. The largest absolute Gasteiger partial charge is 0.330 e. The van der Waals surface area contributed by atoms with Crippen LogP contribution in [0, 0.1) is 0 Å². The van der Waals surface area contributed by atoms with Crippen molar-refractivity contribution in [2.45, 2.75) is 19.3 Å². The van der Waals surface area contributed by atoms with Crippen molar-refractivity contribution >= 4 is 0 Å². The molecule has 0 saturated carbocycles. The average molecular weight is 132 g/mol. The van der Waals surface area contributed by atoms with Crippen molar-refractivity contribution in [1.29, 1.82) is 0 Å². The second kappa shape index (κ2) is 5.97. The fourth-order valence-electron chi connectivity index (χ4n) is 0.615. The molecule has 0 unspecified atom stereocenters. The zero-order chi connectivity index (χ0) is 7.11. The second-order valence-corrected chi connectivity index (χ2v) is 2.09. The van der Waals surface area contributed by atoms with Crippen molar-refractivity contribution in [3.8, 4) is 0 Å². The first-order valence-corrected chi connectivity index (χ1v) is 3.24. The minimum Gasteiger partial charge on any atom is -0.330 e. The predicted octanol–water partition coefficient (Wildman–Crippen LogP) is -0.835. The van der Waals surface area contributed by atoms with E-state index in [9.17, 15) is 0 Å². The summed E-state index contributed by atoms with van der Waals surface area (Å²) in [5.41, 5.74) is 5.27. The van der Waals surface area contributed by atoms with Gasteiger partial charge in [0.2, 0.25) is 0 Å². The van der Waals surface area contributed by atoms with Crippen LogP contribution in [-0.2, 0) is 0 Å². The van der Waals surface area contributed by atoms with Gasteiger partial charge in [0.1, 0.15) is 0 Å². The van der Waals surface area contributed by atoms with Gasteiger partial charge in [0.05, 0.1) is 0 Å². The standard InChI is InChI=1S/C5H16N4/c6-4-2-1-3-5-9(7)8/h1-8H2. The number of rotatable bonds is 5. The summed E-state index contributed by atoms with van der Waals surface area (Å²) >= 11 is 0. The second-order valence-electron chi connectivity index (χ2n) is 2.09. The Balaban J connectivity index is 2.75. The third kappa shape index (κ3) is 7.84. The van der Waals surface area contributed by atoms with E-state index < -0.39 is 0 Å². The lowest BCUT2D eigenvalue weighted by Gasteiger charge is -2.06. The maximum absolute atomic E-state index is 5.27. The monoisotopic (exact) mass is 132 g/mol. The highest BCUT2D eigenvalue weighted by Gasteiger charge is 1.89. The first-order valence-electron chi connectivity index (χ1n) is 3.24. The molecule has 0 aromatic rings. The third-order valence-electron chi connectivity index (χ3n) is 1.12. The molecule has 6 N–H and O–H groups in total. The topological polar surface area (TPSA) is 81.3 Å². The van der Waals surface area contributed by atoms with Crippen molar-refractivity contribution in [2.24, 2.45) is 17.4 Å². The fraction of sp³-hybridized carbons (Fsp3) is 1.00. The van der Waals surface area contributed by atoms with Gasteiger partial charge in [0.25, 0.3) is 0 Å². The summed E-state index contributed by atoms with van der Waals surface area (Å²) in [5.74, 6) is 10.3. The Kier molecular flexibility index (Phi) is 5.86. The smallest absolute Gasteiger partial charge is 0.0283 e. The van der Waals surface area contributed by atoms with Gasteiger partial charge in [-0.15, -0.1) is 0 Å². The number of nitrogens with two attached hydrogens (primary N) is 3. The molecular weight excluding hydrogens is 116 g/mol. The quantitative estimate of drug-likeness (QED) is 0.259. The molecule has 0 bridgehead atoms. The lowest BCUT2D eigenvalue weighted by molar-refractivity contribution is 0.286. The minimum absolute atomic E-state index is 0.750. The van der Waals surface area contributed by atoms with Crippen LogP contribution in [0.2, 0.25) is 0 Å². The van der Waals surface area contributed by atoms with Crippen molar-refractivity contribution in [3.63, 3.8) is 0 Å². The molecule has 0 fully saturated rings. The SMILES string of the molecule is NCCCCCN(N)N. The highest BCUT2D eigenvalue weighted by atomic mass is 15.6. The Labute approximate surface area is 55.9 Å². The Morgan fingerprint density at radius 2 is 1.67 bits per heavy atom. The third-order valence-corrected chi connectivity index (χ3v) is 1.12. The Bertz CT molecular complexity index is 54.9. The van der Waals surface area contributed by atoms with Gasteiger partial charge in [0, 0.05) is 6.54 Å². The molecule has 0 spiro atoms. The van der Waals surface area contributed by atoms with Gasteiger partial charge in [-0.25, -0.2) is 0 Å². The molecule has 4 heteroatoms. The number of nitrogens with zero attached hydrogens (tertiary/aromatic N) is 1. The van der Waals surface area contributed by atoms with E-state index in [-0.39, 0.29) is 0 Å². The molecular formula is C5H16N4. The summed E-state index contributed by atoms with van der Waals surface area (Å²) in [7, 11) is 0. The number of hydrogen-bond donors (Lipinski definition) is 3. The highest BCUT2D eigenvalue weighted by Crippen LogP contribution is 1.91. The van der Waals surface area contributed by atoms with E-state index in [1.807, 2.05) is 0 Å². The van der Waals surface area contributed by atoms with Crippen molar-refractivity contribution in [1.82, 2.24) is 5.12 Å². The summed E-state index contributed by atoms with van der Waals surface area (Å²) in [6.07, 6.45) is 3.21. The first kappa shape index (κ1) is 8.84. The first-order chi connectivity index (χ1) is 4.27. The van der Waals surface area contributed by atoms with Gasteiger partial charge < -0.3 is 5.73 Å². The molecule has 0 radical (unpaired) electrons. The molecule has 56 valence electrons. The summed E-state index contributed by atoms with van der Waals surface area (Å²) < 4.78 is 0. The molecule has 0 aliphatic heterocycles. The van der Waals surface area contributed by atoms with E-state index in [2.05, 4.69) is 0 Å². The van der Waals surface area contributed by atoms with E-state index in [4.69, 9.17) is 17.4 Å². The van der Waals surface area contributed by atoms with Crippen LogP contribution in [0.25, 0.3) is 0 Å². The highest BCUT2D eigenvalue weighted by molar-refractivity contribution is 4.43. The van der Waals surface area contributed by atoms with Gasteiger partial charge >= 0.3 is 0 Å². The Morgan fingerprint density at radius 1 is 1.00 bits per heavy atom. The van der Waals surface area contributed by atoms with Crippen molar-refractivity contribution in [3.05, 3.63) is 0 Å². The van der Waals surface area contributed by atoms with Gasteiger partial charge in [-0.1, -0.05) is 6.42 Å². The normalized spacial score (nSPS) is 10.7. The van der Waals surface area contributed by atoms with E-state index in [0.29, 0.717) is 0 Å². The molecule has 0 atom stereocenters. The number of unbranched alkanes of at least 4 members (excludes halogenated alkanes) is 2. The summed E-state index contributed by atoms with van der Waals surface area (Å²) in [5, 5.41) is 1.20. The molecule has 0 aliphatic carbocycles. The summed E-state index contributed by atoms with van der Waals surface area (Å²) in [6, 6.07) is 0. The zero-order valence-electron chi connectivity index (χ0n) is 5.71. The Morgan fingerprint density at radius 3 is 2.11 bits per heavy atom. The van der Waals surface area contributed by atoms with E-state index in [1.54, 1.807) is 0 Å². The molecule has 0 heterocycles. The van der Waals surface area contributed by atoms with E-state index >= 15 is 0 Å². The summed E-state index contributed by atoms with van der Waals surface area (Å²) in [4.78, 5) is 0. The molecule has 0 aromatic carbocycles. The summed E-state index contributed by atoms with van der Waals surface area (Å²) in [6.45, 7) is 1.51. The van der Waals surface area contributed by atoms with Crippen LogP contribution in [-0.4, -0.2) is 18.2 Å². The van der Waals surface area contributed by atoms with Crippen LogP contribution in [0.15, 0.2) is 0 Å². The Hall–Kier alpha value is -0.160. The van der Waals surface area contributed by atoms with E-state index in [0.717, 1.165) is 32.4 Å². The van der Waals surface area contributed by atoms with Gasteiger partial charge in [-0.05, 0) is 19.4 Å². The molecule has 0 amide bonds. The maximum atomic E-state index is 5.27. The van der Waals surface area contributed by atoms with Crippen LogP contribution >= 0.6 is 0 Å². The van der Waals surface area contributed by atoms with Gasteiger partial charge in [0.15, 0.2) is 0 Å². The van der Waals surface area contributed by atoms with Crippen LogP contribution < -0.4 is 17.4 Å². The molecule has 0 aromatic heterocycles. The molecule has 9 heavy (non-hydrogen) atoms. The molecule has 0 aliphatic rings. The number of hydrogen-bond acceptors (Lipinski definition) is 4. The van der Waals surface area contributed by atoms with Crippen LogP contribution in [0.5, 0.6) is 0 Å². The van der Waals surface area contributed by atoms with Crippen LogP contribution in [0.1, 0.15) is 19.3 Å². The fourth-order valence-corrected chi connectivity index (χ4v) is 0.615. The van der Waals surface area contributed by atoms with E-state index in [1.165, 1.54) is 5.12 Å².